The molecule has 0 fully saturated rings. The molecule has 1 aliphatic heterocycles. The normalized spacial score (nSPS) is 13.9. The zero-order chi connectivity index (χ0) is 11.7. The van der Waals surface area contributed by atoms with Crippen molar-refractivity contribution in [2.24, 2.45) is 4.99 Å². The molecule has 1 aliphatic rings. The van der Waals surface area contributed by atoms with Crippen molar-refractivity contribution < 1.29 is 9.59 Å². The zero-order valence-electron chi connectivity index (χ0n) is 9.23. The molecule has 0 saturated heterocycles. The molecule has 0 bridgehead atoms. The second-order valence-electron chi connectivity index (χ2n) is 4.07. The Labute approximate surface area is 93.6 Å². The van der Waals surface area contributed by atoms with Gasteiger partial charge >= 0.3 is 0 Å². The minimum Gasteiger partial charge on any atom is -0.332 e. The third-order valence-electron chi connectivity index (χ3n) is 2.72. The van der Waals surface area contributed by atoms with Crippen molar-refractivity contribution in [2.45, 2.75) is 26.4 Å². The number of carbonyl (C=O) groups excluding carboxylic acids is 2. The maximum Gasteiger partial charge on any atom is 0.254 e. The van der Waals surface area contributed by atoms with E-state index in [0.29, 0.717) is 17.8 Å². The van der Waals surface area contributed by atoms with Crippen LogP contribution in [0.3, 0.4) is 0 Å². The second-order valence-corrected chi connectivity index (χ2v) is 4.07. The SMILES string of the molecule is CC(C)N1Cc2ccc(N=C=O)cc2C1=O. The van der Waals surface area contributed by atoms with Gasteiger partial charge in [0, 0.05) is 18.2 Å². The van der Waals surface area contributed by atoms with Crippen LogP contribution in [0.5, 0.6) is 0 Å². The van der Waals surface area contributed by atoms with Crippen molar-refractivity contribution in [3.05, 3.63) is 29.3 Å². The maximum atomic E-state index is 12.0. The summed E-state index contributed by atoms with van der Waals surface area (Å²) < 4.78 is 0. The maximum absolute atomic E-state index is 12.0. The first-order valence-corrected chi connectivity index (χ1v) is 5.15. The molecule has 1 amide bonds. The average Bonchev–Trinajstić information content (AvgIpc) is 2.57. The van der Waals surface area contributed by atoms with Crippen molar-refractivity contribution in [3.8, 4) is 0 Å². The van der Waals surface area contributed by atoms with Crippen LogP contribution in [0.2, 0.25) is 0 Å². The molecule has 0 N–H and O–H groups in total. The standard InChI is InChI=1S/C12H12N2O2/c1-8(2)14-6-9-3-4-10(13-7-15)5-11(9)12(14)16/h3-5,8H,6H2,1-2H3. The summed E-state index contributed by atoms with van der Waals surface area (Å²) in [5, 5.41) is 0. The Balaban J connectivity index is 2.41. The van der Waals surface area contributed by atoms with Gasteiger partial charge in [-0.25, -0.2) is 4.79 Å². The summed E-state index contributed by atoms with van der Waals surface area (Å²) in [4.78, 5) is 27.4. The zero-order valence-corrected chi connectivity index (χ0v) is 9.23. The van der Waals surface area contributed by atoms with E-state index in [9.17, 15) is 9.59 Å². The Morgan fingerprint density at radius 2 is 2.19 bits per heavy atom. The van der Waals surface area contributed by atoms with E-state index in [0.717, 1.165) is 5.56 Å². The van der Waals surface area contributed by atoms with Gasteiger partial charge in [0.1, 0.15) is 0 Å². The molecule has 82 valence electrons. The lowest BCUT2D eigenvalue weighted by atomic mass is 10.1. The van der Waals surface area contributed by atoms with E-state index in [2.05, 4.69) is 4.99 Å². The average molecular weight is 216 g/mol. The van der Waals surface area contributed by atoms with Crippen LogP contribution in [-0.4, -0.2) is 22.9 Å². The molecule has 2 rings (SSSR count). The van der Waals surface area contributed by atoms with E-state index < -0.39 is 0 Å². The molecule has 0 aliphatic carbocycles. The van der Waals surface area contributed by atoms with Crippen LogP contribution >= 0.6 is 0 Å². The van der Waals surface area contributed by atoms with Crippen LogP contribution in [0, 0.1) is 0 Å². The second kappa shape index (κ2) is 3.91. The fourth-order valence-electron chi connectivity index (χ4n) is 1.85. The summed E-state index contributed by atoms with van der Waals surface area (Å²) in [5.74, 6) is 0.00736. The highest BCUT2D eigenvalue weighted by molar-refractivity contribution is 5.99. The van der Waals surface area contributed by atoms with Gasteiger partial charge in [0.2, 0.25) is 6.08 Å². The molecule has 0 spiro atoms. The molecule has 4 nitrogen and oxygen atoms in total. The number of hydrogen-bond donors (Lipinski definition) is 0. The van der Waals surface area contributed by atoms with Crippen LogP contribution in [0.1, 0.15) is 29.8 Å². The van der Waals surface area contributed by atoms with E-state index in [4.69, 9.17) is 0 Å². The van der Waals surface area contributed by atoms with Gasteiger partial charge in [0.15, 0.2) is 0 Å². The van der Waals surface area contributed by atoms with E-state index in [1.54, 1.807) is 17.0 Å². The summed E-state index contributed by atoms with van der Waals surface area (Å²) >= 11 is 0. The molecule has 1 aromatic carbocycles. The Morgan fingerprint density at radius 3 is 2.81 bits per heavy atom. The van der Waals surface area contributed by atoms with Crippen LogP contribution in [-0.2, 0) is 11.3 Å². The number of benzene rings is 1. The van der Waals surface area contributed by atoms with Gasteiger partial charge in [0.25, 0.3) is 5.91 Å². The first-order chi connectivity index (χ1) is 7.63. The highest BCUT2D eigenvalue weighted by Crippen LogP contribution is 2.27. The number of fused-ring (bicyclic) bond motifs is 1. The number of hydrogen-bond acceptors (Lipinski definition) is 3. The summed E-state index contributed by atoms with van der Waals surface area (Å²) in [6.45, 7) is 4.60. The topological polar surface area (TPSA) is 49.7 Å². The monoisotopic (exact) mass is 216 g/mol. The fourth-order valence-corrected chi connectivity index (χ4v) is 1.85. The van der Waals surface area contributed by atoms with E-state index in [1.165, 1.54) is 6.08 Å². The van der Waals surface area contributed by atoms with Gasteiger partial charge in [-0.1, -0.05) is 6.07 Å². The number of isocyanates is 1. The number of aliphatic imine (C=N–C) groups is 1. The Morgan fingerprint density at radius 1 is 1.44 bits per heavy atom. The molecule has 1 aromatic rings. The van der Waals surface area contributed by atoms with Gasteiger partial charge in [0.05, 0.1) is 5.69 Å². The lowest BCUT2D eigenvalue weighted by molar-refractivity contribution is 0.0730. The van der Waals surface area contributed by atoms with Crippen molar-refractivity contribution in [1.29, 1.82) is 0 Å². The molecule has 16 heavy (non-hydrogen) atoms. The lowest BCUT2D eigenvalue weighted by Gasteiger charge is -2.19. The molecule has 0 aromatic heterocycles. The highest BCUT2D eigenvalue weighted by atomic mass is 16.2. The third kappa shape index (κ3) is 1.64. The minimum absolute atomic E-state index is 0.00736. The Bertz CT molecular complexity index is 488. The summed E-state index contributed by atoms with van der Waals surface area (Å²) in [5.41, 5.74) is 2.11. The van der Waals surface area contributed by atoms with Gasteiger partial charge in [-0.15, -0.1) is 0 Å². The molecule has 1 heterocycles. The van der Waals surface area contributed by atoms with Gasteiger partial charge in [-0.05, 0) is 31.5 Å². The fraction of sp³-hybridized carbons (Fsp3) is 0.333. The smallest absolute Gasteiger partial charge is 0.254 e. The van der Waals surface area contributed by atoms with Crippen molar-refractivity contribution in [2.75, 3.05) is 0 Å². The molecule has 4 heteroatoms. The van der Waals surface area contributed by atoms with Gasteiger partial charge in [-0.3, -0.25) is 4.79 Å². The summed E-state index contributed by atoms with van der Waals surface area (Å²) in [7, 11) is 0. The summed E-state index contributed by atoms with van der Waals surface area (Å²) in [6, 6.07) is 5.38. The molecular formula is C12H12N2O2. The predicted molar refractivity (Wildman–Crippen MR) is 59.2 cm³/mol. The lowest BCUT2D eigenvalue weighted by Crippen LogP contribution is -2.30. The van der Waals surface area contributed by atoms with Gasteiger partial charge < -0.3 is 4.90 Å². The van der Waals surface area contributed by atoms with E-state index in [-0.39, 0.29) is 11.9 Å². The van der Waals surface area contributed by atoms with Crippen LogP contribution in [0.15, 0.2) is 23.2 Å². The number of nitrogens with zero attached hydrogens (tertiary/aromatic N) is 2. The molecular weight excluding hydrogens is 204 g/mol. The molecule has 0 radical (unpaired) electrons. The number of rotatable bonds is 2. The molecule has 0 saturated carbocycles. The summed E-state index contributed by atoms with van der Waals surface area (Å²) in [6.07, 6.45) is 1.47. The van der Waals surface area contributed by atoms with Crippen molar-refractivity contribution in [3.63, 3.8) is 0 Å². The molecule has 0 unspecified atom stereocenters. The van der Waals surface area contributed by atoms with Gasteiger partial charge in [-0.2, -0.15) is 4.99 Å². The first-order valence-electron chi connectivity index (χ1n) is 5.15. The van der Waals surface area contributed by atoms with Crippen LogP contribution in [0.4, 0.5) is 5.69 Å². The number of carbonyl (C=O) groups is 1. The van der Waals surface area contributed by atoms with E-state index >= 15 is 0 Å². The third-order valence-corrected chi connectivity index (χ3v) is 2.72. The Hall–Kier alpha value is -1.93. The van der Waals surface area contributed by atoms with Crippen LogP contribution in [0.25, 0.3) is 0 Å². The van der Waals surface area contributed by atoms with E-state index in [1.807, 2.05) is 19.9 Å². The molecule has 0 atom stereocenters. The van der Waals surface area contributed by atoms with Crippen molar-refractivity contribution >= 4 is 17.7 Å². The first kappa shape index (κ1) is 10.6. The number of amides is 1. The quantitative estimate of drug-likeness (QED) is 0.561. The Kier molecular flexibility index (Phi) is 2.59. The predicted octanol–water partition coefficient (Wildman–Crippen LogP) is 2.02. The minimum atomic E-state index is 0.00736. The highest BCUT2D eigenvalue weighted by Gasteiger charge is 2.28. The van der Waals surface area contributed by atoms with Crippen LogP contribution < -0.4 is 0 Å². The van der Waals surface area contributed by atoms with Crippen molar-refractivity contribution in [1.82, 2.24) is 4.90 Å². The largest absolute Gasteiger partial charge is 0.332 e.